The molecule has 0 aliphatic carbocycles. The number of aromatic nitrogens is 7. The average molecular weight is 436 g/mol. The fourth-order valence-electron chi connectivity index (χ4n) is 3.62. The Labute approximate surface area is 189 Å². The lowest BCUT2D eigenvalue weighted by molar-refractivity contribution is 0.0827. The van der Waals surface area contributed by atoms with Crippen LogP contribution in [-0.2, 0) is 7.05 Å². The summed E-state index contributed by atoms with van der Waals surface area (Å²) in [6, 6.07) is 7.65. The summed E-state index contributed by atoms with van der Waals surface area (Å²) in [7, 11) is 5.29. The van der Waals surface area contributed by atoms with Gasteiger partial charge in [0.05, 0.1) is 11.3 Å². The minimum Gasteiger partial charge on any atom is -0.345 e. The van der Waals surface area contributed by atoms with Crippen LogP contribution in [0.5, 0.6) is 0 Å². The van der Waals surface area contributed by atoms with E-state index in [-0.39, 0.29) is 5.91 Å². The Morgan fingerprint density at radius 3 is 2.27 bits per heavy atom. The van der Waals surface area contributed by atoms with Crippen molar-refractivity contribution in [1.82, 2.24) is 39.6 Å². The summed E-state index contributed by atoms with van der Waals surface area (Å²) in [4.78, 5) is 35.4. The van der Waals surface area contributed by atoms with Gasteiger partial charge in [-0.25, -0.2) is 19.6 Å². The van der Waals surface area contributed by atoms with Crippen LogP contribution < -0.4 is 0 Å². The van der Waals surface area contributed by atoms with Crippen LogP contribution in [0.2, 0.25) is 0 Å². The molecule has 5 aromatic rings. The molecule has 0 aliphatic rings. The molecule has 0 unspecified atom stereocenters. The molecule has 0 atom stereocenters. The van der Waals surface area contributed by atoms with Gasteiger partial charge in [-0.3, -0.25) is 14.8 Å². The van der Waals surface area contributed by atoms with E-state index in [4.69, 9.17) is 0 Å². The summed E-state index contributed by atoms with van der Waals surface area (Å²) in [5.41, 5.74) is 6.29. The van der Waals surface area contributed by atoms with Crippen molar-refractivity contribution in [3.05, 3.63) is 73.3 Å². The largest absolute Gasteiger partial charge is 0.345 e. The number of nitrogens with zero attached hydrogens (tertiary/aromatic N) is 8. The zero-order valence-electron chi connectivity index (χ0n) is 18.3. The summed E-state index contributed by atoms with van der Waals surface area (Å²) in [5, 5.41) is 5.51. The molecule has 1 amide bonds. The summed E-state index contributed by atoms with van der Waals surface area (Å²) in [6.45, 7) is 0. The number of hydrogen-bond acceptors (Lipinski definition) is 7. The molecule has 0 spiro atoms. The molecule has 5 aromatic heterocycles. The monoisotopic (exact) mass is 436 g/mol. The molecule has 0 aromatic carbocycles. The Bertz CT molecular complexity index is 1460. The molecular weight excluding hydrogens is 416 g/mol. The van der Waals surface area contributed by atoms with Crippen LogP contribution in [0.25, 0.3) is 44.7 Å². The first kappa shape index (κ1) is 20.4. The molecule has 33 heavy (non-hydrogen) atoms. The highest BCUT2D eigenvalue weighted by Crippen LogP contribution is 2.30. The molecule has 5 heterocycles. The molecule has 0 bridgehead atoms. The van der Waals surface area contributed by atoms with Crippen LogP contribution in [0.4, 0.5) is 0 Å². The van der Waals surface area contributed by atoms with E-state index in [0.29, 0.717) is 5.56 Å². The minimum absolute atomic E-state index is 0.0867. The summed E-state index contributed by atoms with van der Waals surface area (Å²) >= 11 is 0. The quantitative estimate of drug-likeness (QED) is 0.426. The normalized spacial score (nSPS) is 11.0. The molecule has 0 fully saturated rings. The van der Waals surface area contributed by atoms with Crippen molar-refractivity contribution < 1.29 is 4.79 Å². The molecule has 162 valence electrons. The van der Waals surface area contributed by atoms with Crippen LogP contribution in [-0.4, -0.2) is 59.6 Å². The number of carbonyl (C=O) groups excluding carboxylic acids is 1. The summed E-state index contributed by atoms with van der Waals surface area (Å²) < 4.78 is 1.75. The first-order valence-electron chi connectivity index (χ1n) is 10.2. The van der Waals surface area contributed by atoms with Crippen molar-refractivity contribution in [3.63, 3.8) is 0 Å². The van der Waals surface area contributed by atoms with Crippen LogP contribution in [0.3, 0.4) is 0 Å². The maximum absolute atomic E-state index is 12.1. The minimum atomic E-state index is -0.0867. The second-order valence-corrected chi connectivity index (χ2v) is 7.79. The van der Waals surface area contributed by atoms with Crippen LogP contribution in [0, 0.1) is 0 Å². The van der Waals surface area contributed by atoms with Gasteiger partial charge in [-0.2, -0.15) is 5.10 Å². The van der Waals surface area contributed by atoms with Gasteiger partial charge in [0.25, 0.3) is 5.91 Å². The number of aryl methyl sites for hydroxylation is 1. The van der Waals surface area contributed by atoms with Crippen LogP contribution in [0.1, 0.15) is 10.4 Å². The van der Waals surface area contributed by atoms with Crippen molar-refractivity contribution >= 4 is 16.9 Å². The second-order valence-electron chi connectivity index (χ2n) is 7.79. The first-order valence-corrected chi connectivity index (χ1v) is 10.2. The molecule has 0 aliphatic heterocycles. The van der Waals surface area contributed by atoms with Gasteiger partial charge in [0.15, 0.2) is 5.65 Å². The molecular formula is C24H20N8O. The van der Waals surface area contributed by atoms with Gasteiger partial charge in [0.1, 0.15) is 12.0 Å². The van der Waals surface area contributed by atoms with Crippen molar-refractivity contribution in [1.29, 1.82) is 0 Å². The lowest BCUT2D eigenvalue weighted by Crippen LogP contribution is -2.21. The standard InChI is InChI=1S/C24H20N8O/c1-31(2)24(33)15-4-5-21(28-12-15)18-6-16(8-25-9-18)17-7-20-22(19-10-26-14-27-11-19)30-32(3)23(20)29-13-17/h4-14H,1-3H3. The Balaban J connectivity index is 1.54. The van der Waals surface area contributed by atoms with E-state index in [2.05, 4.69) is 30.0 Å². The van der Waals surface area contributed by atoms with E-state index >= 15 is 0 Å². The molecule has 0 radical (unpaired) electrons. The molecule has 5 rings (SSSR count). The zero-order valence-corrected chi connectivity index (χ0v) is 18.3. The topological polar surface area (TPSA) is 103 Å². The van der Waals surface area contributed by atoms with Gasteiger partial charge < -0.3 is 4.90 Å². The van der Waals surface area contributed by atoms with Gasteiger partial charge in [0, 0.05) is 86.0 Å². The van der Waals surface area contributed by atoms with Gasteiger partial charge in [-0.1, -0.05) is 0 Å². The third-order valence-corrected chi connectivity index (χ3v) is 5.30. The van der Waals surface area contributed by atoms with Crippen LogP contribution in [0.15, 0.2) is 67.8 Å². The number of pyridine rings is 3. The molecule has 0 saturated heterocycles. The van der Waals surface area contributed by atoms with Crippen molar-refractivity contribution in [2.45, 2.75) is 0 Å². The fourth-order valence-corrected chi connectivity index (χ4v) is 3.62. The van der Waals surface area contributed by atoms with Gasteiger partial charge in [-0.05, 0) is 24.3 Å². The lowest BCUT2D eigenvalue weighted by atomic mass is 10.0. The third kappa shape index (κ3) is 3.80. The number of hydrogen-bond donors (Lipinski definition) is 0. The highest BCUT2D eigenvalue weighted by atomic mass is 16.2. The van der Waals surface area contributed by atoms with Crippen molar-refractivity contribution in [2.75, 3.05) is 14.1 Å². The van der Waals surface area contributed by atoms with E-state index in [9.17, 15) is 4.79 Å². The van der Waals surface area contributed by atoms with Crippen molar-refractivity contribution in [2.24, 2.45) is 7.05 Å². The molecule has 9 nitrogen and oxygen atoms in total. The smallest absolute Gasteiger partial charge is 0.254 e. The number of rotatable bonds is 4. The predicted octanol–water partition coefficient (Wildman–Crippen LogP) is 3.25. The summed E-state index contributed by atoms with van der Waals surface area (Å²) in [5.74, 6) is -0.0867. The van der Waals surface area contributed by atoms with E-state index in [0.717, 1.165) is 44.7 Å². The van der Waals surface area contributed by atoms with E-state index in [1.54, 1.807) is 55.8 Å². The third-order valence-electron chi connectivity index (χ3n) is 5.30. The summed E-state index contributed by atoms with van der Waals surface area (Å²) in [6.07, 6.45) is 11.9. The molecule has 0 N–H and O–H groups in total. The van der Waals surface area contributed by atoms with Gasteiger partial charge in [-0.15, -0.1) is 0 Å². The van der Waals surface area contributed by atoms with E-state index < -0.39 is 0 Å². The number of fused-ring (bicyclic) bond motifs is 1. The maximum Gasteiger partial charge on any atom is 0.254 e. The average Bonchev–Trinajstić information content (AvgIpc) is 3.20. The van der Waals surface area contributed by atoms with Crippen molar-refractivity contribution in [3.8, 4) is 33.6 Å². The Morgan fingerprint density at radius 2 is 1.55 bits per heavy atom. The number of carbonyl (C=O) groups is 1. The predicted molar refractivity (Wildman–Crippen MR) is 124 cm³/mol. The second kappa shape index (κ2) is 8.19. The molecule has 0 saturated carbocycles. The van der Waals surface area contributed by atoms with Crippen LogP contribution >= 0.6 is 0 Å². The molecule has 9 heteroatoms. The van der Waals surface area contributed by atoms with E-state index in [1.807, 2.05) is 31.4 Å². The number of amides is 1. The first-order chi connectivity index (χ1) is 16.0. The maximum atomic E-state index is 12.1. The van der Waals surface area contributed by atoms with Gasteiger partial charge in [0.2, 0.25) is 0 Å². The highest BCUT2D eigenvalue weighted by Gasteiger charge is 2.14. The lowest BCUT2D eigenvalue weighted by Gasteiger charge is -2.10. The van der Waals surface area contributed by atoms with E-state index in [1.165, 1.54) is 11.2 Å². The fraction of sp³-hybridized carbons (Fsp3) is 0.125. The SMILES string of the molecule is CN(C)C(=O)c1ccc(-c2cncc(-c3cnc4c(c3)c(-c3cncnc3)nn4C)c2)nc1. The zero-order chi connectivity index (χ0) is 22.9. The Morgan fingerprint density at radius 1 is 0.818 bits per heavy atom. The van der Waals surface area contributed by atoms with Gasteiger partial charge >= 0.3 is 0 Å². The highest BCUT2D eigenvalue weighted by molar-refractivity contribution is 5.94. The Kier molecular flexibility index (Phi) is 5.06. The Hall–Kier alpha value is -4.53.